The zero-order valence-electron chi connectivity index (χ0n) is 9.50. The molecule has 0 heterocycles. The summed E-state index contributed by atoms with van der Waals surface area (Å²) in [6.45, 7) is 0. The normalized spacial score (nSPS) is 15.2. The van der Waals surface area contributed by atoms with Gasteiger partial charge in [-0.15, -0.1) is 0 Å². The number of alkyl halides is 3. The molecule has 9 heteroatoms. The van der Waals surface area contributed by atoms with Crippen LogP contribution in [0.2, 0.25) is 0 Å². The predicted molar refractivity (Wildman–Crippen MR) is 69.0 cm³/mol. The van der Waals surface area contributed by atoms with Crippen LogP contribution < -0.4 is 10.5 Å². The number of hydrogen-bond donors (Lipinski definition) is 3. The summed E-state index contributed by atoms with van der Waals surface area (Å²) in [6, 6.07) is -0.593. The maximum atomic E-state index is 12.4. The van der Waals surface area contributed by atoms with Crippen molar-refractivity contribution < 1.29 is 28.1 Å². The number of aliphatic hydroxyl groups excluding tert-OH is 1. The molecule has 0 saturated carbocycles. The van der Waals surface area contributed by atoms with Crippen molar-refractivity contribution in [1.82, 2.24) is 0 Å². The minimum Gasteiger partial charge on any atom is -0.503 e. The Morgan fingerprint density at radius 1 is 1.32 bits per heavy atom. The molecule has 0 fully saturated rings. The quantitative estimate of drug-likeness (QED) is 0.718. The first-order valence-corrected chi connectivity index (χ1v) is 6.45. The summed E-state index contributed by atoms with van der Waals surface area (Å²) in [7, 11) is 1.24. The van der Waals surface area contributed by atoms with Crippen LogP contribution in [0.1, 0.15) is 11.6 Å². The van der Waals surface area contributed by atoms with E-state index in [1.54, 1.807) is 0 Å². The van der Waals surface area contributed by atoms with E-state index in [1.807, 2.05) is 0 Å². The molecule has 1 aromatic rings. The molecule has 0 aliphatic heterocycles. The van der Waals surface area contributed by atoms with Crippen molar-refractivity contribution in [2.75, 3.05) is 7.11 Å². The van der Waals surface area contributed by atoms with E-state index in [4.69, 9.17) is 15.6 Å². The highest BCUT2D eigenvalue weighted by molar-refractivity contribution is 9.13. The van der Waals surface area contributed by atoms with Crippen molar-refractivity contribution in [3.05, 3.63) is 20.6 Å². The summed E-state index contributed by atoms with van der Waals surface area (Å²) in [4.78, 5) is 0. The first kappa shape index (κ1) is 16.5. The molecule has 0 radical (unpaired) electrons. The maximum Gasteiger partial charge on any atom is 0.416 e. The Hall–Kier alpha value is -0.510. The molecule has 0 aliphatic rings. The fourth-order valence-electron chi connectivity index (χ4n) is 1.38. The molecule has 0 aliphatic carbocycles. The number of ether oxygens (including phenoxy) is 1. The maximum absolute atomic E-state index is 12.4. The number of phenols is 1. The van der Waals surface area contributed by atoms with E-state index in [0.717, 1.165) is 6.07 Å². The largest absolute Gasteiger partial charge is 0.503 e. The van der Waals surface area contributed by atoms with Crippen LogP contribution >= 0.6 is 31.9 Å². The third kappa shape index (κ3) is 3.33. The molecule has 1 aromatic carbocycles. The van der Waals surface area contributed by atoms with Gasteiger partial charge in [0, 0.05) is 4.47 Å². The Morgan fingerprint density at radius 3 is 2.26 bits per heavy atom. The highest BCUT2D eigenvalue weighted by atomic mass is 79.9. The van der Waals surface area contributed by atoms with Gasteiger partial charge in [-0.3, -0.25) is 0 Å². The minimum absolute atomic E-state index is 0.0497. The number of nitrogens with two attached hydrogens (primary N) is 1. The average molecular weight is 409 g/mol. The van der Waals surface area contributed by atoms with E-state index >= 15 is 0 Å². The molecule has 2 atom stereocenters. The van der Waals surface area contributed by atoms with E-state index in [0.29, 0.717) is 0 Å². The molecule has 0 aromatic heterocycles. The third-order valence-electron chi connectivity index (χ3n) is 2.43. The summed E-state index contributed by atoms with van der Waals surface area (Å²) < 4.78 is 42.3. The summed E-state index contributed by atoms with van der Waals surface area (Å²) >= 11 is 6.00. The van der Waals surface area contributed by atoms with Crippen molar-refractivity contribution in [2.45, 2.75) is 18.3 Å². The van der Waals surface area contributed by atoms with E-state index in [2.05, 4.69) is 31.9 Å². The second kappa shape index (κ2) is 5.86. The predicted octanol–water partition coefficient (Wildman–Crippen LogP) is 2.85. The number of halogens is 5. The van der Waals surface area contributed by atoms with E-state index in [1.165, 1.54) is 7.11 Å². The molecule has 0 amide bonds. The SMILES string of the molecule is COc1cc([C@H](N)[C@H](O)C(F)(F)F)c(Br)c(Br)c1O. The van der Waals surface area contributed by atoms with Gasteiger partial charge in [0.25, 0.3) is 0 Å². The lowest BCUT2D eigenvalue weighted by Gasteiger charge is -2.23. The second-order valence-corrected chi connectivity index (χ2v) is 5.24. The van der Waals surface area contributed by atoms with E-state index in [9.17, 15) is 18.3 Å². The lowest BCUT2D eigenvalue weighted by Crippen LogP contribution is -2.39. The molecule has 19 heavy (non-hydrogen) atoms. The van der Waals surface area contributed by atoms with Crippen molar-refractivity contribution in [3.63, 3.8) is 0 Å². The van der Waals surface area contributed by atoms with Gasteiger partial charge in [-0.25, -0.2) is 0 Å². The van der Waals surface area contributed by atoms with Crippen LogP contribution in [0.3, 0.4) is 0 Å². The Bertz CT molecular complexity index is 482. The number of aromatic hydroxyl groups is 1. The standard InChI is InChI=1S/C10H10Br2F3NO3/c1-19-4-2-3(5(11)6(12)8(4)17)7(16)9(18)10(13,14)15/h2,7,9,17-18H,16H2,1H3/t7-,9-/m0/s1. The van der Waals surface area contributed by atoms with E-state index < -0.39 is 18.3 Å². The van der Waals surface area contributed by atoms with Gasteiger partial charge < -0.3 is 20.7 Å². The minimum atomic E-state index is -4.85. The Labute approximate surface area is 123 Å². The van der Waals surface area contributed by atoms with Gasteiger partial charge in [0.2, 0.25) is 0 Å². The number of aliphatic hydroxyl groups is 1. The van der Waals surface area contributed by atoms with E-state index in [-0.39, 0.29) is 26.0 Å². The molecule has 0 spiro atoms. The van der Waals surface area contributed by atoms with Gasteiger partial charge in [-0.1, -0.05) is 0 Å². The van der Waals surface area contributed by atoms with Crippen LogP contribution in [0.25, 0.3) is 0 Å². The third-order valence-corrected chi connectivity index (χ3v) is 4.59. The van der Waals surface area contributed by atoms with Crippen LogP contribution in [0.5, 0.6) is 11.5 Å². The van der Waals surface area contributed by atoms with Gasteiger partial charge in [0.15, 0.2) is 17.6 Å². The summed E-state index contributed by atoms with van der Waals surface area (Å²) in [5, 5.41) is 18.8. The first-order chi connectivity index (χ1) is 8.61. The van der Waals surface area contributed by atoms with Gasteiger partial charge >= 0.3 is 6.18 Å². The van der Waals surface area contributed by atoms with Gasteiger partial charge in [0.1, 0.15) is 0 Å². The van der Waals surface area contributed by atoms with Crippen molar-refractivity contribution in [3.8, 4) is 11.5 Å². The number of rotatable bonds is 3. The van der Waals surface area contributed by atoms with Crippen LogP contribution in [-0.4, -0.2) is 29.6 Å². The molecule has 4 nitrogen and oxygen atoms in total. The Balaban J connectivity index is 3.31. The van der Waals surface area contributed by atoms with Crippen LogP contribution in [0, 0.1) is 0 Å². The van der Waals surface area contributed by atoms with Gasteiger partial charge in [-0.05, 0) is 43.5 Å². The molecule has 0 unspecified atom stereocenters. The average Bonchev–Trinajstić information content (AvgIpc) is 2.33. The smallest absolute Gasteiger partial charge is 0.416 e. The number of hydrogen-bond acceptors (Lipinski definition) is 4. The summed E-state index contributed by atoms with van der Waals surface area (Å²) in [5.41, 5.74) is 5.36. The lowest BCUT2D eigenvalue weighted by atomic mass is 10.0. The monoisotopic (exact) mass is 407 g/mol. The van der Waals surface area contributed by atoms with Crippen LogP contribution in [-0.2, 0) is 0 Å². The van der Waals surface area contributed by atoms with Crippen molar-refractivity contribution >= 4 is 31.9 Å². The lowest BCUT2D eigenvalue weighted by molar-refractivity contribution is -0.210. The van der Waals surface area contributed by atoms with Gasteiger partial charge in [-0.2, -0.15) is 13.2 Å². The highest BCUT2D eigenvalue weighted by Gasteiger charge is 2.43. The Kier molecular flexibility index (Phi) is 5.10. The number of methoxy groups -OCH3 is 1. The van der Waals surface area contributed by atoms with Crippen molar-refractivity contribution in [1.29, 1.82) is 0 Å². The summed E-state index contributed by atoms with van der Waals surface area (Å²) in [6.07, 6.45) is -7.58. The number of benzene rings is 1. The van der Waals surface area contributed by atoms with Crippen LogP contribution in [0.4, 0.5) is 13.2 Å². The zero-order valence-corrected chi connectivity index (χ0v) is 12.7. The topological polar surface area (TPSA) is 75.7 Å². The Morgan fingerprint density at radius 2 is 1.84 bits per heavy atom. The molecule has 4 N–H and O–H groups in total. The molecular formula is C10H10Br2F3NO3. The summed E-state index contributed by atoms with van der Waals surface area (Å²) in [5.74, 6) is -0.346. The molecule has 0 saturated heterocycles. The number of phenolic OH excluding ortho intramolecular Hbond substituents is 1. The molecule has 108 valence electrons. The highest BCUT2D eigenvalue weighted by Crippen LogP contribution is 2.44. The zero-order chi connectivity index (χ0) is 15.0. The van der Waals surface area contributed by atoms with Crippen molar-refractivity contribution in [2.24, 2.45) is 5.73 Å². The molecule has 0 bridgehead atoms. The van der Waals surface area contributed by atoms with Gasteiger partial charge in [0.05, 0.1) is 17.6 Å². The second-order valence-electron chi connectivity index (χ2n) is 3.66. The van der Waals surface area contributed by atoms with Crippen LogP contribution in [0.15, 0.2) is 15.0 Å². The molecular weight excluding hydrogens is 399 g/mol. The fourth-order valence-corrected chi connectivity index (χ4v) is 2.37. The molecule has 1 rings (SSSR count). The first-order valence-electron chi connectivity index (χ1n) is 4.86. The fraction of sp³-hybridized carbons (Fsp3) is 0.400.